The molecule has 11 heteroatoms. The number of anilines is 1. The van der Waals surface area contributed by atoms with Crippen LogP contribution < -0.4 is 14.8 Å². The first-order valence-electron chi connectivity index (χ1n) is 8.30. The van der Waals surface area contributed by atoms with Gasteiger partial charge >= 0.3 is 0 Å². The number of carbonyl (C=O) groups excluding carboxylic acids is 1. The molecule has 29 heavy (non-hydrogen) atoms. The van der Waals surface area contributed by atoms with Crippen molar-refractivity contribution in [2.45, 2.75) is 4.90 Å². The molecule has 4 rings (SSSR count). The molecule has 150 valence electrons. The second kappa shape index (κ2) is 7.37. The monoisotopic (exact) mass is 437 g/mol. The summed E-state index contributed by atoms with van der Waals surface area (Å²) in [6.07, 6.45) is 3.72. The second-order valence-electron chi connectivity index (χ2n) is 5.98. The lowest BCUT2D eigenvalue weighted by Gasteiger charge is -2.22. The molecule has 0 unspecified atom stereocenters. The van der Waals surface area contributed by atoms with Crippen LogP contribution in [-0.4, -0.2) is 36.5 Å². The molecule has 0 radical (unpaired) electrons. The molecular formula is C18H13ClFN3O5S. The molecule has 0 saturated heterocycles. The van der Waals surface area contributed by atoms with E-state index < -0.39 is 21.7 Å². The van der Waals surface area contributed by atoms with Crippen LogP contribution in [0.3, 0.4) is 0 Å². The highest BCUT2D eigenvalue weighted by molar-refractivity contribution is 7.90. The number of imidazole rings is 1. The summed E-state index contributed by atoms with van der Waals surface area (Å²) in [4.78, 5) is 16.4. The first-order valence-corrected chi connectivity index (χ1v) is 10.1. The number of nitrogens with one attached hydrogen (secondary N) is 1. The SMILES string of the molecule is O=C(Nc1ccc(F)c(Cl)c1)c1cc(S(=O)(=O)n2ccnc2)cc2c1OCCO2. The summed E-state index contributed by atoms with van der Waals surface area (Å²) in [5, 5.41) is 2.38. The zero-order valence-corrected chi connectivity index (χ0v) is 16.2. The first-order chi connectivity index (χ1) is 13.9. The molecule has 0 spiro atoms. The average molecular weight is 438 g/mol. The largest absolute Gasteiger partial charge is 0.486 e. The molecule has 0 bridgehead atoms. The number of benzene rings is 2. The summed E-state index contributed by atoms with van der Waals surface area (Å²) in [5.74, 6) is -1.06. The summed E-state index contributed by atoms with van der Waals surface area (Å²) in [5.41, 5.74) is 0.177. The molecule has 1 amide bonds. The minimum Gasteiger partial charge on any atom is -0.486 e. The Hall–Kier alpha value is -3.11. The van der Waals surface area contributed by atoms with E-state index in [0.717, 1.165) is 16.4 Å². The van der Waals surface area contributed by atoms with Crippen LogP contribution >= 0.6 is 11.6 Å². The molecule has 0 fully saturated rings. The van der Waals surface area contributed by atoms with E-state index in [1.165, 1.54) is 36.7 Å². The van der Waals surface area contributed by atoms with Gasteiger partial charge in [-0.2, -0.15) is 0 Å². The fourth-order valence-corrected chi connectivity index (χ4v) is 4.07. The van der Waals surface area contributed by atoms with Crippen molar-refractivity contribution in [3.05, 3.63) is 65.5 Å². The van der Waals surface area contributed by atoms with Gasteiger partial charge in [0, 0.05) is 24.1 Å². The second-order valence-corrected chi connectivity index (χ2v) is 8.23. The molecular weight excluding hydrogens is 425 g/mol. The third-order valence-electron chi connectivity index (χ3n) is 4.09. The smallest absolute Gasteiger partial charge is 0.269 e. The normalized spacial score (nSPS) is 13.2. The maximum absolute atomic E-state index is 13.3. The summed E-state index contributed by atoms with van der Waals surface area (Å²) >= 11 is 5.74. The lowest BCUT2D eigenvalue weighted by Crippen LogP contribution is -2.22. The van der Waals surface area contributed by atoms with E-state index in [2.05, 4.69) is 10.3 Å². The predicted molar refractivity (Wildman–Crippen MR) is 102 cm³/mol. The Labute approximate surface area is 169 Å². The Morgan fingerprint density at radius 1 is 1.21 bits per heavy atom. The van der Waals surface area contributed by atoms with E-state index in [0.29, 0.717) is 0 Å². The number of hydrogen-bond acceptors (Lipinski definition) is 6. The lowest BCUT2D eigenvalue weighted by molar-refractivity contribution is 0.101. The number of nitrogens with zero attached hydrogens (tertiary/aromatic N) is 2. The van der Waals surface area contributed by atoms with Crippen LogP contribution in [0.25, 0.3) is 0 Å². The van der Waals surface area contributed by atoms with Crippen molar-refractivity contribution in [1.82, 2.24) is 8.96 Å². The third-order valence-corrected chi connectivity index (χ3v) is 5.99. The van der Waals surface area contributed by atoms with Crippen LogP contribution in [0.15, 0.2) is 53.9 Å². The molecule has 1 aliphatic rings. The van der Waals surface area contributed by atoms with Gasteiger partial charge in [0.05, 0.1) is 15.5 Å². The van der Waals surface area contributed by atoms with Gasteiger partial charge in [-0.05, 0) is 24.3 Å². The number of halogens is 2. The summed E-state index contributed by atoms with van der Waals surface area (Å²) < 4.78 is 50.9. The highest BCUT2D eigenvalue weighted by Crippen LogP contribution is 2.37. The zero-order chi connectivity index (χ0) is 20.6. The molecule has 0 saturated carbocycles. The Balaban J connectivity index is 1.77. The fourth-order valence-electron chi connectivity index (χ4n) is 2.73. The van der Waals surface area contributed by atoms with Gasteiger partial charge in [0.15, 0.2) is 11.5 Å². The topological polar surface area (TPSA) is 99.5 Å². The first kappa shape index (κ1) is 19.2. The van der Waals surface area contributed by atoms with Gasteiger partial charge < -0.3 is 14.8 Å². The Bertz CT molecular complexity index is 1200. The molecule has 2 aromatic carbocycles. The van der Waals surface area contributed by atoms with E-state index >= 15 is 0 Å². The minimum absolute atomic E-state index is 0.0543. The van der Waals surface area contributed by atoms with Crippen molar-refractivity contribution < 1.29 is 27.1 Å². The zero-order valence-electron chi connectivity index (χ0n) is 14.6. The molecule has 0 aliphatic carbocycles. The van der Waals surface area contributed by atoms with Gasteiger partial charge in [-0.25, -0.2) is 21.8 Å². The third kappa shape index (κ3) is 3.64. The Morgan fingerprint density at radius 3 is 2.72 bits per heavy atom. The van der Waals surface area contributed by atoms with Gasteiger partial charge in [-0.3, -0.25) is 4.79 Å². The molecule has 1 aromatic heterocycles. The van der Waals surface area contributed by atoms with E-state index in [1.807, 2.05) is 0 Å². The highest BCUT2D eigenvalue weighted by Gasteiger charge is 2.27. The summed E-state index contributed by atoms with van der Waals surface area (Å²) in [7, 11) is -4.00. The van der Waals surface area contributed by atoms with Crippen molar-refractivity contribution >= 4 is 33.2 Å². The quantitative estimate of drug-likeness (QED) is 0.673. The number of ether oxygens (including phenoxy) is 2. The molecule has 2 heterocycles. The van der Waals surface area contributed by atoms with Crippen LogP contribution in [0, 0.1) is 5.82 Å². The Morgan fingerprint density at radius 2 is 2.00 bits per heavy atom. The number of aromatic nitrogens is 2. The van der Waals surface area contributed by atoms with Gasteiger partial charge in [0.1, 0.15) is 25.4 Å². The molecule has 8 nitrogen and oxygen atoms in total. The van der Waals surface area contributed by atoms with Crippen LogP contribution in [0.5, 0.6) is 11.5 Å². The van der Waals surface area contributed by atoms with E-state index in [4.69, 9.17) is 21.1 Å². The van der Waals surface area contributed by atoms with Crippen molar-refractivity contribution in [3.63, 3.8) is 0 Å². The predicted octanol–water partition coefficient (Wildman–Crippen LogP) is 2.94. The number of amides is 1. The number of fused-ring (bicyclic) bond motifs is 1. The maximum atomic E-state index is 13.3. The Kier molecular flexibility index (Phi) is 4.89. The number of carbonyl (C=O) groups is 1. The number of hydrogen-bond donors (Lipinski definition) is 1. The van der Waals surface area contributed by atoms with E-state index in [9.17, 15) is 17.6 Å². The van der Waals surface area contributed by atoms with E-state index in [-0.39, 0.29) is 45.9 Å². The molecule has 1 aliphatic heterocycles. The minimum atomic E-state index is -4.00. The number of rotatable bonds is 4. The van der Waals surface area contributed by atoms with Crippen molar-refractivity contribution in [1.29, 1.82) is 0 Å². The van der Waals surface area contributed by atoms with Crippen LogP contribution in [-0.2, 0) is 10.0 Å². The lowest BCUT2D eigenvalue weighted by atomic mass is 10.1. The van der Waals surface area contributed by atoms with E-state index in [1.54, 1.807) is 0 Å². The standard InChI is InChI=1S/C18H13ClFN3O5S/c19-14-7-11(1-2-15(14)20)22-18(24)13-8-12(9-16-17(13)28-6-5-27-16)29(25,26)23-4-3-21-10-23/h1-4,7-10H,5-6H2,(H,22,24). The van der Waals surface area contributed by atoms with Gasteiger partial charge in [-0.1, -0.05) is 11.6 Å². The fraction of sp³-hybridized carbons (Fsp3) is 0.111. The molecule has 3 aromatic rings. The van der Waals surface area contributed by atoms with Crippen molar-refractivity contribution in [2.24, 2.45) is 0 Å². The van der Waals surface area contributed by atoms with Crippen molar-refractivity contribution in [3.8, 4) is 11.5 Å². The van der Waals surface area contributed by atoms with Crippen LogP contribution in [0.1, 0.15) is 10.4 Å². The van der Waals surface area contributed by atoms with Crippen molar-refractivity contribution in [2.75, 3.05) is 18.5 Å². The highest BCUT2D eigenvalue weighted by atomic mass is 35.5. The van der Waals surface area contributed by atoms with Gasteiger partial charge in [0.25, 0.3) is 15.9 Å². The average Bonchev–Trinajstić information content (AvgIpc) is 3.25. The molecule has 1 N–H and O–H groups in total. The summed E-state index contributed by atoms with van der Waals surface area (Å²) in [6, 6.07) is 6.14. The van der Waals surface area contributed by atoms with Crippen LogP contribution in [0.4, 0.5) is 10.1 Å². The summed E-state index contributed by atoms with van der Waals surface area (Å²) in [6.45, 7) is 0.402. The van der Waals surface area contributed by atoms with Gasteiger partial charge in [-0.15, -0.1) is 0 Å². The maximum Gasteiger partial charge on any atom is 0.269 e. The van der Waals surface area contributed by atoms with Gasteiger partial charge in [0.2, 0.25) is 0 Å². The van der Waals surface area contributed by atoms with Crippen LogP contribution in [0.2, 0.25) is 5.02 Å². The molecule has 0 atom stereocenters.